The molecule has 0 amide bonds. The van der Waals surface area contributed by atoms with E-state index in [9.17, 15) is 26.4 Å². The topological polar surface area (TPSA) is 104 Å². The van der Waals surface area contributed by atoms with Crippen LogP contribution in [0.25, 0.3) is 0 Å². The Hall–Kier alpha value is -1.65. The maximum atomic E-state index is 12.0. The van der Waals surface area contributed by atoms with Crippen LogP contribution in [0.4, 0.5) is 13.2 Å². The Morgan fingerprint density at radius 2 is 1.95 bits per heavy atom. The van der Waals surface area contributed by atoms with Crippen molar-refractivity contribution in [1.29, 1.82) is 0 Å². The van der Waals surface area contributed by atoms with E-state index in [0.29, 0.717) is 0 Å². The minimum Gasteiger partial charge on any atom is -0.478 e. The number of aromatic carboxylic acids is 1. The van der Waals surface area contributed by atoms with Gasteiger partial charge in [-0.1, -0.05) is 6.07 Å². The first-order valence-corrected chi connectivity index (χ1v) is 6.60. The third kappa shape index (κ3) is 4.18. The SMILES string of the molecule is O=C(O)c1cccc(S(=O)(=O)NCC(O)C(F)(F)F)c1. The Morgan fingerprint density at radius 1 is 1.35 bits per heavy atom. The number of halogens is 3. The lowest BCUT2D eigenvalue weighted by Crippen LogP contribution is -2.40. The Balaban J connectivity index is 2.90. The van der Waals surface area contributed by atoms with Crippen molar-refractivity contribution in [1.82, 2.24) is 4.72 Å². The number of hydrogen-bond acceptors (Lipinski definition) is 4. The second-order valence-electron chi connectivity index (χ2n) is 3.74. The van der Waals surface area contributed by atoms with Gasteiger partial charge in [0.2, 0.25) is 10.0 Å². The first-order chi connectivity index (χ1) is 9.04. The van der Waals surface area contributed by atoms with Gasteiger partial charge in [-0.25, -0.2) is 17.9 Å². The molecule has 0 aliphatic carbocycles. The van der Waals surface area contributed by atoms with E-state index < -0.39 is 39.7 Å². The maximum absolute atomic E-state index is 12.0. The molecule has 0 bridgehead atoms. The van der Waals surface area contributed by atoms with Gasteiger partial charge < -0.3 is 10.2 Å². The molecule has 112 valence electrons. The van der Waals surface area contributed by atoms with E-state index in [2.05, 4.69) is 0 Å². The van der Waals surface area contributed by atoms with E-state index >= 15 is 0 Å². The lowest BCUT2D eigenvalue weighted by Gasteiger charge is -2.15. The van der Waals surface area contributed by atoms with Crippen LogP contribution >= 0.6 is 0 Å². The molecular weight excluding hydrogens is 303 g/mol. The minimum absolute atomic E-state index is 0.329. The van der Waals surface area contributed by atoms with Crippen LogP contribution < -0.4 is 4.72 Å². The first-order valence-electron chi connectivity index (χ1n) is 5.12. The van der Waals surface area contributed by atoms with Gasteiger partial charge in [-0.2, -0.15) is 13.2 Å². The van der Waals surface area contributed by atoms with Crippen LogP contribution in [0, 0.1) is 0 Å². The average Bonchev–Trinajstić information content (AvgIpc) is 2.35. The largest absolute Gasteiger partial charge is 0.478 e. The summed E-state index contributed by atoms with van der Waals surface area (Å²) in [5.41, 5.74) is -0.329. The molecular formula is C10H10F3NO5S. The third-order valence-electron chi connectivity index (χ3n) is 2.24. The van der Waals surface area contributed by atoms with Gasteiger partial charge >= 0.3 is 12.1 Å². The molecule has 0 spiro atoms. The van der Waals surface area contributed by atoms with Crippen LogP contribution in [0.1, 0.15) is 10.4 Å². The standard InChI is InChI=1S/C10H10F3NO5S/c11-10(12,13)8(15)5-14-20(18,19)7-3-1-2-6(4-7)9(16)17/h1-4,8,14-15H,5H2,(H,16,17). The molecule has 1 unspecified atom stereocenters. The van der Waals surface area contributed by atoms with Crippen LogP contribution in [0.5, 0.6) is 0 Å². The van der Waals surface area contributed by atoms with Crippen LogP contribution in [0.3, 0.4) is 0 Å². The molecule has 0 aliphatic rings. The molecule has 0 saturated heterocycles. The number of aliphatic hydroxyl groups is 1. The van der Waals surface area contributed by atoms with Crippen molar-refractivity contribution in [3.63, 3.8) is 0 Å². The van der Waals surface area contributed by atoms with Gasteiger partial charge in [-0.05, 0) is 18.2 Å². The molecule has 3 N–H and O–H groups in total. The van der Waals surface area contributed by atoms with Crippen LogP contribution in [-0.2, 0) is 10.0 Å². The summed E-state index contributed by atoms with van der Waals surface area (Å²) in [6.07, 6.45) is -7.80. The smallest absolute Gasteiger partial charge is 0.415 e. The highest BCUT2D eigenvalue weighted by atomic mass is 32.2. The number of nitrogens with one attached hydrogen (secondary N) is 1. The van der Waals surface area contributed by atoms with Crippen molar-refractivity contribution in [3.05, 3.63) is 29.8 Å². The second-order valence-corrected chi connectivity index (χ2v) is 5.51. The fourth-order valence-corrected chi connectivity index (χ4v) is 2.27. The summed E-state index contributed by atoms with van der Waals surface area (Å²) in [6.45, 7) is -1.26. The molecule has 1 aromatic rings. The van der Waals surface area contributed by atoms with Gasteiger partial charge in [0.05, 0.1) is 10.5 Å². The zero-order valence-electron chi connectivity index (χ0n) is 9.76. The van der Waals surface area contributed by atoms with Crippen LogP contribution in [0.15, 0.2) is 29.2 Å². The molecule has 1 aromatic carbocycles. The lowest BCUT2D eigenvalue weighted by molar-refractivity contribution is -0.200. The number of benzene rings is 1. The van der Waals surface area contributed by atoms with Crippen molar-refractivity contribution in [2.75, 3.05) is 6.54 Å². The molecule has 20 heavy (non-hydrogen) atoms. The van der Waals surface area contributed by atoms with E-state index in [4.69, 9.17) is 10.2 Å². The van der Waals surface area contributed by atoms with Gasteiger partial charge in [0, 0.05) is 6.54 Å². The van der Waals surface area contributed by atoms with E-state index in [0.717, 1.165) is 24.3 Å². The number of carbonyl (C=O) groups is 1. The van der Waals surface area contributed by atoms with E-state index in [1.54, 1.807) is 4.72 Å². The highest BCUT2D eigenvalue weighted by Gasteiger charge is 2.38. The van der Waals surface area contributed by atoms with Gasteiger partial charge in [-0.3, -0.25) is 0 Å². The lowest BCUT2D eigenvalue weighted by atomic mass is 10.2. The second kappa shape index (κ2) is 5.77. The predicted octanol–water partition coefficient (Wildman–Crippen LogP) is 0.586. The quantitative estimate of drug-likeness (QED) is 0.738. The number of carboxylic acid groups (broad SMARTS) is 1. The predicted molar refractivity (Wildman–Crippen MR) is 60.7 cm³/mol. The number of rotatable bonds is 5. The fourth-order valence-electron chi connectivity index (χ4n) is 1.18. The summed E-state index contributed by atoms with van der Waals surface area (Å²) < 4.78 is 61.0. The molecule has 0 aliphatic heterocycles. The van der Waals surface area contributed by atoms with E-state index in [-0.39, 0.29) is 5.56 Å². The molecule has 6 nitrogen and oxygen atoms in total. The number of aliphatic hydroxyl groups excluding tert-OH is 1. The first kappa shape index (κ1) is 16.4. The number of carboxylic acids is 1. The molecule has 0 fully saturated rings. The molecule has 0 aromatic heterocycles. The van der Waals surface area contributed by atoms with E-state index in [1.165, 1.54) is 0 Å². The van der Waals surface area contributed by atoms with Gasteiger partial charge in [0.15, 0.2) is 6.10 Å². The van der Waals surface area contributed by atoms with Crippen molar-refractivity contribution in [3.8, 4) is 0 Å². The summed E-state index contributed by atoms with van der Waals surface area (Å²) in [6, 6.07) is 4.09. The van der Waals surface area contributed by atoms with Gasteiger partial charge in [0.25, 0.3) is 0 Å². The Bertz CT molecular complexity index is 599. The summed E-state index contributed by atoms with van der Waals surface area (Å²) in [5.74, 6) is -1.38. The molecule has 1 rings (SSSR count). The summed E-state index contributed by atoms with van der Waals surface area (Å²) in [5, 5.41) is 17.4. The normalized spacial score (nSPS) is 14.0. The number of hydrogen-bond donors (Lipinski definition) is 3. The zero-order valence-corrected chi connectivity index (χ0v) is 10.6. The maximum Gasteiger partial charge on any atom is 0.415 e. The van der Waals surface area contributed by atoms with Crippen LogP contribution in [-0.4, -0.2) is 43.4 Å². The highest BCUT2D eigenvalue weighted by Crippen LogP contribution is 2.20. The number of alkyl halides is 3. The average molecular weight is 313 g/mol. The highest BCUT2D eigenvalue weighted by molar-refractivity contribution is 7.89. The van der Waals surface area contributed by atoms with E-state index in [1.807, 2.05) is 0 Å². The summed E-state index contributed by atoms with van der Waals surface area (Å²) in [4.78, 5) is 10.2. The monoisotopic (exact) mass is 313 g/mol. The van der Waals surface area contributed by atoms with Crippen molar-refractivity contribution in [2.45, 2.75) is 17.2 Å². The fraction of sp³-hybridized carbons (Fsp3) is 0.300. The molecule has 0 heterocycles. The van der Waals surface area contributed by atoms with Gasteiger partial charge in [-0.15, -0.1) is 0 Å². The summed E-state index contributed by atoms with van der Waals surface area (Å²) in [7, 11) is -4.34. The minimum atomic E-state index is -4.95. The third-order valence-corrected chi connectivity index (χ3v) is 3.66. The van der Waals surface area contributed by atoms with Crippen molar-refractivity contribution >= 4 is 16.0 Å². The van der Waals surface area contributed by atoms with Crippen molar-refractivity contribution in [2.24, 2.45) is 0 Å². The Kier molecular flexibility index (Phi) is 4.73. The molecule has 1 atom stereocenters. The molecule has 0 saturated carbocycles. The van der Waals surface area contributed by atoms with Crippen molar-refractivity contribution < 1.29 is 36.6 Å². The Morgan fingerprint density at radius 3 is 2.45 bits per heavy atom. The Labute approximate surface area is 111 Å². The van der Waals surface area contributed by atoms with Gasteiger partial charge in [0.1, 0.15) is 0 Å². The summed E-state index contributed by atoms with van der Waals surface area (Å²) >= 11 is 0. The number of sulfonamides is 1. The molecule has 0 radical (unpaired) electrons. The zero-order chi connectivity index (χ0) is 15.6. The van der Waals surface area contributed by atoms with Crippen LogP contribution in [0.2, 0.25) is 0 Å². The molecule has 10 heteroatoms.